The highest BCUT2D eigenvalue weighted by atomic mass is 16.5. The molecular formula is C12H16O7. The van der Waals surface area contributed by atoms with Gasteiger partial charge in [0.15, 0.2) is 17.3 Å². The SMILES string of the molecule is COc1cc(C(=O)[C@H](O)[C@H](O)CO)cc(OC)c1O. The molecule has 0 saturated heterocycles. The molecule has 19 heavy (non-hydrogen) atoms. The van der Waals surface area contributed by atoms with Gasteiger partial charge in [0, 0.05) is 5.56 Å². The van der Waals surface area contributed by atoms with E-state index >= 15 is 0 Å². The Morgan fingerprint density at radius 1 is 1.21 bits per heavy atom. The number of methoxy groups -OCH3 is 2. The zero-order valence-corrected chi connectivity index (χ0v) is 10.5. The molecule has 0 radical (unpaired) electrons. The van der Waals surface area contributed by atoms with E-state index in [2.05, 4.69) is 0 Å². The van der Waals surface area contributed by atoms with Crippen molar-refractivity contribution in [2.45, 2.75) is 12.2 Å². The third kappa shape index (κ3) is 3.14. The Balaban J connectivity index is 3.17. The number of aliphatic hydroxyl groups excluding tert-OH is 3. The van der Waals surface area contributed by atoms with Crippen LogP contribution in [0.15, 0.2) is 12.1 Å². The minimum atomic E-state index is -1.77. The molecular weight excluding hydrogens is 256 g/mol. The number of carbonyl (C=O) groups excluding carboxylic acids is 1. The summed E-state index contributed by atoms with van der Waals surface area (Å²) in [5.74, 6) is -1.11. The molecule has 0 bridgehead atoms. The van der Waals surface area contributed by atoms with E-state index in [9.17, 15) is 20.1 Å². The van der Waals surface area contributed by atoms with Crippen molar-refractivity contribution in [3.63, 3.8) is 0 Å². The van der Waals surface area contributed by atoms with E-state index in [1.807, 2.05) is 0 Å². The summed E-state index contributed by atoms with van der Waals surface area (Å²) in [5, 5.41) is 37.1. The third-order valence-electron chi connectivity index (χ3n) is 2.58. The maximum atomic E-state index is 11.9. The maximum absolute atomic E-state index is 11.9. The molecule has 0 aliphatic rings. The number of aromatic hydroxyl groups is 1. The maximum Gasteiger partial charge on any atom is 0.200 e. The fraction of sp³-hybridized carbons (Fsp3) is 0.417. The molecule has 7 heteroatoms. The van der Waals surface area contributed by atoms with E-state index in [1.165, 1.54) is 26.4 Å². The molecule has 0 spiro atoms. The number of benzene rings is 1. The first-order valence-corrected chi connectivity index (χ1v) is 5.42. The van der Waals surface area contributed by atoms with E-state index in [-0.39, 0.29) is 22.8 Å². The average Bonchev–Trinajstić information content (AvgIpc) is 2.44. The van der Waals surface area contributed by atoms with Crippen molar-refractivity contribution >= 4 is 5.78 Å². The first kappa shape index (κ1) is 15.2. The summed E-state index contributed by atoms with van der Waals surface area (Å²) in [6, 6.07) is 2.40. The van der Waals surface area contributed by atoms with Crippen LogP contribution in [0, 0.1) is 0 Å². The minimum absolute atomic E-state index is 0.00612. The monoisotopic (exact) mass is 272 g/mol. The molecule has 1 rings (SSSR count). The molecule has 0 aromatic heterocycles. The summed E-state index contributed by atoms with van der Waals surface area (Å²) in [6.45, 7) is -0.751. The van der Waals surface area contributed by atoms with Crippen molar-refractivity contribution < 1.29 is 34.7 Å². The second-order valence-corrected chi connectivity index (χ2v) is 3.79. The van der Waals surface area contributed by atoms with Crippen molar-refractivity contribution in [2.75, 3.05) is 20.8 Å². The second kappa shape index (κ2) is 6.37. The van der Waals surface area contributed by atoms with Gasteiger partial charge in [0.25, 0.3) is 0 Å². The summed E-state index contributed by atoms with van der Waals surface area (Å²) in [7, 11) is 2.59. The van der Waals surface area contributed by atoms with Crippen LogP contribution in [0.5, 0.6) is 17.2 Å². The second-order valence-electron chi connectivity index (χ2n) is 3.79. The zero-order valence-electron chi connectivity index (χ0n) is 10.5. The number of ketones is 1. The van der Waals surface area contributed by atoms with Crippen molar-refractivity contribution in [2.24, 2.45) is 0 Å². The molecule has 0 heterocycles. The normalized spacial score (nSPS) is 13.7. The fourth-order valence-corrected chi connectivity index (χ4v) is 1.48. The Morgan fingerprint density at radius 3 is 2.05 bits per heavy atom. The van der Waals surface area contributed by atoms with Crippen molar-refractivity contribution in [1.82, 2.24) is 0 Å². The van der Waals surface area contributed by atoms with Crippen LogP contribution in [0.25, 0.3) is 0 Å². The molecule has 2 atom stereocenters. The number of phenols is 1. The van der Waals surface area contributed by atoms with Gasteiger partial charge in [-0.3, -0.25) is 4.79 Å². The number of carbonyl (C=O) groups is 1. The molecule has 7 nitrogen and oxygen atoms in total. The highest BCUT2D eigenvalue weighted by Gasteiger charge is 2.26. The van der Waals surface area contributed by atoms with Gasteiger partial charge in [0.1, 0.15) is 12.2 Å². The van der Waals surface area contributed by atoms with Crippen molar-refractivity contribution in [3.8, 4) is 17.2 Å². The average molecular weight is 272 g/mol. The number of phenolic OH excluding ortho intramolecular Hbond substituents is 1. The van der Waals surface area contributed by atoms with Crippen LogP contribution in [-0.2, 0) is 0 Å². The number of hydrogen-bond acceptors (Lipinski definition) is 7. The van der Waals surface area contributed by atoms with E-state index in [1.54, 1.807) is 0 Å². The van der Waals surface area contributed by atoms with E-state index in [4.69, 9.17) is 14.6 Å². The molecule has 0 unspecified atom stereocenters. The lowest BCUT2D eigenvalue weighted by Gasteiger charge is -2.16. The third-order valence-corrected chi connectivity index (χ3v) is 2.58. The highest BCUT2D eigenvalue weighted by molar-refractivity contribution is 6.00. The Labute approximate surface area is 109 Å². The summed E-state index contributed by atoms with van der Waals surface area (Å²) >= 11 is 0. The number of aliphatic hydroxyl groups is 3. The predicted molar refractivity (Wildman–Crippen MR) is 64.6 cm³/mol. The van der Waals surface area contributed by atoms with Gasteiger partial charge in [0.05, 0.1) is 20.8 Å². The van der Waals surface area contributed by atoms with Gasteiger partial charge < -0.3 is 29.9 Å². The molecule has 106 valence electrons. The first-order valence-electron chi connectivity index (χ1n) is 5.42. The lowest BCUT2D eigenvalue weighted by atomic mass is 10.0. The molecule has 0 aliphatic carbocycles. The van der Waals surface area contributed by atoms with Crippen LogP contribution < -0.4 is 9.47 Å². The molecule has 1 aromatic carbocycles. The Morgan fingerprint density at radius 2 is 1.68 bits per heavy atom. The molecule has 0 amide bonds. The van der Waals surface area contributed by atoms with Gasteiger partial charge in [-0.2, -0.15) is 0 Å². The quantitative estimate of drug-likeness (QED) is 0.506. The first-order chi connectivity index (χ1) is 8.96. The Bertz CT molecular complexity index is 432. The molecule has 0 fully saturated rings. The van der Waals surface area contributed by atoms with Crippen LogP contribution in [-0.4, -0.2) is 59.2 Å². The fourth-order valence-electron chi connectivity index (χ4n) is 1.48. The van der Waals surface area contributed by atoms with Gasteiger partial charge in [0.2, 0.25) is 5.75 Å². The lowest BCUT2D eigenvalue weighted by molar-refractivity contribution is -0.00493. The van der Waals surface area contributed by atoms with Crippen LogP contribution in [0.1, 0.15) is 10.4 Å². The van der Waals surface area contributed by atoms with Crippen molar-refractivity contribution in [1.29, 1.82) is 0 Å². The summed E-state index contributed by atoms with van der Waals surface area (Å²) in [5.41, 5.74) is -0.0218. The standard InChI is InChI=1S/C12H16O7/c1-18-8-3-6(4-9(19-2)12(8)17)10(15)11(16)7(14)5-13/h3-4,7,11,13-14,16-17H,5H2,1-2H3/t7-,11-/m1/s1. The van der Waals surface area contributed by atoms with Gasteiger partial charge in [-0.15, -0.1) is 0 Å². The number of ether oxygens (including phenoxy) is 2. The summed E-state index contributed by atoms with van der Waals surface area (Å²) in [4.78, 5) is 11.9. The van der Waals surface area contributed by atoms with Gasteiger partial charge >= 0.3 is 0 Å². The molecule has 4 N–H and O–H groups in total. The zero-order chi connectivity index (χ0) is 14.6. The van der Waals surface area contributed by atoms with Crippen molar-refractivity contribution in [3.05, 3.63) is 17.7 Å². The van der Waals surface area contributed by atoms with Crippen LogP contribution in [0.3, 0.4) is 0 Å². The molecule has 0 aliphatic heterocycles. The summed E-state index contributed by atoms with van der Waals surface area (Å²) < 4.78 is 9.74. The number of rotatable bonds is 6. The highest BCUT2D eigenvalue weighted by Crippen LogP contribution is 2.37. The topological polar surface area (TPSA) is 116 Å². The van der Waals surface area contributed by atoms with E-state index in [0.29, 0.717) is 0 Å². The Kier molecular flexibility index (Phi) is 5.11. The smallest absolute Gasteiger partial charge is 0.200 e. The number of hydrogen-bond donors (Lipinski definition) is 4. The van der Waals surface area contributed by atoms with Gasteiger partial charge in [-0.05, 0) is 12.1 Å². The van der Waals surface area contributed by atoms with Gasteiger partial charge in [-0.1, -0.05) is 0 Å². The molecule has 0 saturated carbocycles. The lowest BCUT2D eigenvalue weighted by Crippen LogP contribution is -2.36. The van der Waals surface area contributed by atoms with Gasteiger partial charge in [-0.25, -0.2) is 0 Å². The largest absolute Gasteiger partial charge is 0.502 e. The minimum Gasteiger partial charge on any atom is -0.502 e. The Hall–Kier alpha value is -1.83. The van der Waals surface area contributed by atoms with Crippen LogP contribution >= 0.6 is 0 Å². The molecule has 1 aromatic rings. The van der Waals surface area contributed by atoms with E-state index < -0.39 is 24.6 Å². The predicted octanol–water partition coefficient (Wildman–Crippen LogP) is -0.694. The summed E-state index contributed by atoms with van der Waals surface area (Å²) in [6.07, 6.45) is -3.36. The van der Waals surface area contributed by atoms with Crippen LogP contribution in [0.2, 0.25) is 0 Å². The van der Waals surface area contributed by atoms with E-state index in [0.717, 1.165) is 0 Å². The van der Waals surface area contributed by atoms with Crippen LogP contribution in [0.4, 0.5) is 0 Å². The number of Topliss-reactive ketones (excluding diaryl/α,β-unsaturated/α-hetero) is 1.